The van der Waals surface area contributed by atoms with E-state index in [1.807, 2.05) is 42.6 Å². The lowest BCUT2D eigenvalue weighted by Gasteiger charge is -2.33. The number of benzene rings is 2. The Bertz CT molecular complexity index is 1190. The molecule has 0 bridgehead atoms. The molecule has 0 fully saturated rings. The molecule has 33 heavy (non-hydrogen) atoms. The van der Waals surface area contributed by atoms with Crippen molar-refractivity contribution >= 4 is 34.5 Å². The van der Waals surface area contributed by atoms with Gasteiger partial charge >= 0.3 is 0 Å². The van der Waals surface area contributed by atoms with Crippen LogP contribution in [-0.4, -0.2) is 36.6 Å². The molecule has 1 aromatic heterocycles. The predicted molar refractivity (Wildman–Crippen MR) is 130 cm³/mol. The van der Waals surface area contributed by atoms with E-state index in [0.717, 1.165) is 34.7 Å². The highest BCUT2D eigenvalue weighted by atomic mass is 32.1. The number of thiazole rings is 1. The zero-order valence-corrected chi connectivity index (χ0v) is 20.0. The van der Waals surface area contributed by atoms with Crippen molar-refractivity contribution in [3.63, 3.8) is 0 Å². The van der Waals surface area contributed by atoms with Gasteiger partial charge in [-0.3, -0.25) is 14.5 Å². The topological polar surface area (TPSA) is 80.8 Å². The van der Waals surface area contributed by atoms with Crippen LogP contribution in [0, 0.1) is 6.92 Å². The summed E-state index contributed by atoms with van der Waals surface area (Å²) >= 11 is 1.63. The summed E-state index contributed by atoms with van der Waals surface area (Å²) in [6.07, 6.45) is 1.29. The van der Waals surface area contributed by atoms with Crippen molar-refractivity contribution in [3.05, 3.63) is 52.3 Å². The molecule has 1 unspecified atom stereocenters. The number of amides is 2. The first kappa shape index (κ1) is 22.8. The van der Waals surface area contributed by atoms with Gasteiger partial charge in [-0.2, -0.15) is 0 Å². The van der Waals surface area contributed by atoms with E-state index in [0.29, 0.717) is 22.9 Å². The summed E-state index contributed by atoms with van der Waals surface area (Å²) in [5.41, 5.74) is 3.85. The summed E-state index contributed by atoms with van der Waals surface area (Å²) in [7, 11) is 1.55. The van der Waals surface area contributed by atoms with E-state index in [9.17, 15) is 9.59 Å². The Morgan fingerprint density at radius 1 is 1.27 bits per heavy atom. The Kier molecular flexibility index (Phi) is 6.65. The molecule has 7 nitrogen and oxygen atoms in total. The molecule has 172 valence electrons. The third kappa shape index (κ3) is 4.85. The molecule has 3 aromatic rings. The highest BCUT2D eigenvalue weighted by Crippen LogP contribution is 2.38. The van der Waals surface area contributed by atoms with Gasteiger partial charge in [0.05, 0.1) is 29.2 Å². The molecule has 0 spiro atoms. The fraction of sp³-hybridized carbons (Fsp3) is 0.320. The van der Waals surface area contributed by atoms with E-state index in [2.05, 4.69) is 12.2 Å². The molecule has 2 heterocycles. The molecule has 2 aromatic carbocycles. The van der Waals surface area contributed by atoms with Gasteiger partial charge in [0.25, 0.3) is 5.91 Å². The number of nitrogens with one attached hydrogen (secondary N) is 1. The van der Waals surface area contributed by atoms with E-state index in [1.54, 1.807) is 31.4 Å². The molecule has 0 saturated carbocycles. The van der Waals surface area contributed by atoms with E-state index in [4.69, 9.17) is 14.5 Å². The van der Waals surface area contributed by atoms with Gasteiger partial charge in [0, 0.05) is 10.9 Å². The zero-order chi connectivity index (χ0) is 23.5. The lowest BCUT2D eigenvalue weighted by molar-refractivity contribution is -0.127. The number of fused-ring (bicyclic) bond motifs is 1. The molecule has 0 saturated heterocycles. The van der Waals surface area contributed by atoms with Crippen LogP contribution >= 0.6 is 11.3 Å². The summed E-state index contributed by atoms with van der Waals surface area (Å²) in [5.74, 6) is 0.535. The van der Waals surface area contributed by atoms with Crippen molar-refractivity contribution in [2.45, 2.75) is 39.7 Å². The third-order valence-electron chi connectivity index (χ3n) is 5.41. The number of ether oxygens (including phenoxy) is 2. The maximum Gasteiger partial charge on any atom is 0.268 e. The molecule has 2 amide bonds. The summed E-state index contributed by atoms with van der Waals surface area (Å²) in [6, 6.07) is 11.2. The fourth-order valence-corrected chi connectivity index (χ4v) is 4.66. The molecule has 0 aliphatic carbocycles. The first-order chi connectivity index (χ1) is 15.9. The number of aryl methyl sites for hydroxylation is 2. The number of aromatic nitrogens is 1. The van der Waals surface area contributed by atoms with Crippen LogP contribution in [-0.2, 0) is 16.0 Å². The monoisotopic (exact) mass is 465 g/mol. The summed E-state index contributed by atoms with van der Waals surface area (Å²) in [4.78, 5) is 32.1. The highest BCUT2D eigenvalue weighted by molar-refractivity contribution is 7.09. The van der Waals surface area contributed by atoms with E-state index in [1.165, 1.54) is 4.90 Å². The Hall–Kier alpha value is -3.39. The number of methoxy groups -OCH3 is 1. The fourth-order valence-electron chi connectivity index (χ4n) is 3.75. The van der Waals surface area contributed by atoms with Gasteiger partial charge in [-0.15, -0.1) is 11.3 Å². The standard InChI is InChI=1S/C25H27N3O4S/c1-5-6-24-27-19(14-33-24)17-8-10-22-20(12-17)28(25(30)16(3)32-22)13-23(29)26-18-11-15(2)7-9-21(18)31-4/h7-12,14,16H,5-6,13H2,1-4H3,(H,26,29). The Morgan fingerprint density at radius 2 is 2.09 bits per heavy atom. The average Bonchev–Trinajstić information content (AvgIpc) is 3.26. The largest absolute Gasteiger partial charge is 0.495 e. The Balaban J connectivity index is 1.61. The lowest BCUT2D eigenvalue weighted by atomic mass is 10.1. The number of hydrogen-bond acceptors (Lipinski definition) is 6. The van der Waals surface area contributed by atoms with Crippen molar-refractivity contribution in [2.75, 3.05) is 23.9 Å². The van der Waals surface area contributed by atoms with Gasteiger partial charge in [0.1, 0.15) is 18.0 Å². The van der Waals surface area contributed by atoms with Crippen LogP contribution in [0.4, 0.5) is 11.4 Å². The summed E-state index contributed by atoms with van der Waals surface area (Å²) in [6.45, 7) is 5.60. The van der Waals surface area contributed by atoms with Crippen molar-refractivity contribution in [2.24, 2.45) is 0 Å². The minimum atomic E-state index is -0.680. The molecule has 1 aliphatic rings. The van der Waals surface area contributed by atoms with Gasteiger partial charge in [-0.1, -0.05) is 13.0 Å². The summed E-state index contributed by atoms with van der Waals surface area (Å²) in [5, 5.41) is 5.96. The average molecular weight is 466 g/mol. The molecule has 0 radical (unpaired) electrons. The van der Waals surface area contributed by atoms with Crippen molar-refractivity contribution in [3.8, 4) is 22.8 Å². The van der Waals surface area contributed by atoms with Crippen LogP contribution in [0.2, 0.25) is 0 Å². The van der Waals surface area contributed by atoms with Crippen LogP contribution < -0.4 is 19.7 Å². The molecule has 8 heteroatoms. The van der Waals surface area contributed by atoms with Crippen molar-refractivity contribution < 1.29 is 19.1 Å². The normalized spacial score (nSPS) is 15.1. The van der Waals surface area contributed by atoms with Crippen LogP contribution in [0.5, 0.6) is 11.5 Å². The SMILES string of the molecule is CCCc1nc(-c2ccc3c(c2)N(CC(=O)Nc2cc(C)ccc2OC)C(=O)C(C)O3)cs1. The zero-order valence-electron chi connectivity index (χ0n) is 19.2. The van der Waals surface area contributed by atoms with E-state index >= 15 is 0 Å². The predicted octanol–water partition coefficient (Wildman–Crippen LogP) is 4.83. The second-order valence-electron chi connectivity index (χ2n) is 8.00. The molecule has 1 N–H and O–H groups in total. The quantitative estimate of drug-likeness (QED) is 0.540. The van der Waals surface area contributed by atoms with Gasteiger partial charge in [0.15, 0.2) is 6.10 Å². The Morgan fingerprint density at radius 3 is 2.85 bits per heavy atom. The maximum absolute atomic E-state index is 13.0. The van der Waals surface area contributed by atoms with Crippen LogP contribution in [0.25, 0.3) is 11.3 Å². The van der Waals surface area contributed by atoms with Crippen LogP contribution in [0.3, 0.4) is 0 Å². The number of rotatable bonds is 7. The smallest absolute Gasteiger partial charge is 0.268 e. The number of carbonyl (C=O) groups excluding carboxylic acids is 2. The van der Waals surface area contributed by atoms with E-state index in [-0.39, 0.29) is 18.4 Å². The maximum atomic E-state index is 13.0. The van der Waals surface area contributed by atoms with Crippen molar-refractivity contribution in [1.82, 2.24) is 4.98 Å². The molecular weight excluding hydrogens is 438 g/mol. The number of anilines is 2. The number of carbonyl (C=O) groups is 2. The van der Waals surface area contributed by atoms with Gasteiger partial charge in [0.2, 0.25) is 5.91 Å². The second-order valence-corrected chi connectivity index (χ2v) is 8.94. The minimum Gasteiger partial charge on any atom is -0.495 e. The summed E-state index contributed by atoms with van der Waals surface area (Å²) < 4.78 is 11.1. The Labute approximate surface area is 197 Å². The van der Waals surface area contributed by atoms with Gasteiger partial charge in [-0.05, 0) is 62.6 Å². The minimum absolute atomic E-state index is 0.141. The first-order valence-corrected chi connectivity index (χ1v) is 11.8. The molecule has 4 rings (SSSR count). The molecule has 1 atom stereocenters. The van der Waals surface area contributed by atoms with Gasteiger partial charge < -0.3 is 14.8 Å². The molecular formula is C25H27N3O4S. The van der Waals surface area contributed by atoms with E-state index < -0.39 is 6.10 Å². The van der Waals surface area contributed by atoms with Gasteiger partial charge in [-0.25, -0.2) is 4.98 Å². The van der Waals surface area contributed by atoms with Crippen molar-refractivity contribution in [1.29, 1.82) is 0 Å². The number of hydrogen-bond donors (Lipinski definition) is 1. The number of nitrogens with zero attached hydrogens (tertiary/aromatic N) is 2. The van der Waals surface area contributed by atoms with Crippen LogP contribution in [0.1, 0.15) is 30.8 Å². The third-order valence-corrected chi connectivity index (χ3v) is 6.32. The molecule has 1 aliphatic heterocycles. The van der Waals surface area contributed by atoms with Crippen LogP contribution in [0.15, 0.2) is 41.8 Å². The highest BCUT2D eigenvalue weighted by Gasteiger charge is 2.33. The second kappa shape index (κ2) is 9.62. The first-order valence-electron chi connectivity index (χ1n) is 10.9. The lowest BCUT2D eigenvalue weighted by Crippen LogP contribution is -2.47.